The minimum Gasteiger partial charge on any atom is -0.390 e. The third-order valence-electron chi connectivity index (χ3n) is 6.92. The summed E-state index contributed by atoms with van der Waals surface area (Å²) in [6, 6.07) is 0. The summed E-state index contributed by atoms with van der Waals surface area (Å²) < 4.78 is 34.8. The summed E-state index contributed by atoms with van der Waals surface area (Å²) in [6.07, 6.45) is -8.57. The number of rotatable bonds is 8. The topological polar surface area (TPSA) is 185 Å². The molecule has 3 aliphatic heterocycles. The first-order chi connectivity index (χ1) is 16.1. The minimum atomic E-state index is -1.36. The molecule has 0 aromatic carbocycles. The van der Waals surface area contributed by atoms with Gasteiger partial charge in [0.25, 0.3) is 0 Å². The zero-order chi connectivity index (χ0) is 25.0. The van der Waals surface area contributed by atoms with E-state index in [1.54, 1.807) is 6.92 Å². The molecule has 13 heteroatoms. The quantitative estimate of drug-likeness (QED) is 0.155. The van der Waals surface area contributed by atoms with Crippen molar-refractivity contribution in [1.82, 2.24) is 0 Å². The predicted octanol–water partition coefficient (Wildman–Crippen LogP) is -0.107. The van der Waals surface area contributed by atoms with Crippen LogP contribution >= 0.6 is 0 Å². The average Bonchev–Trinajstić information content (AvgIpc) is 2.81. The summed E-state index contributed by atoms with van der Waals surface area (Å²) in [5, 5.41) is 44.3. The highest BCUT2D eigenvalue weighted by molar-refractivity contribution is 4.90. The lowest BCUT2D eigenvalue weighted by atomic mass is 9.85. The number of nitrogens with zero attached hydrogens (tertiary/aromatic N) is 3. The van der Waals surface area contributed by atoms with Crippen molar-refractivity contribution < 1.29 is 48.8 Å². The van der Waals surface area contributed by atoms with Gasteiger partial charge in [0, 0.05) is 29.2 Å². The first-order valence-corrected chi connectivity index (χ1v) is 11.7. The predicted molar refractivity (Wildman–Crippen MR) is 115 cm³/mol. The van der Waals surface area contributed by atoms with E-state index in [-0.39, 0.29) is 50.4 Å². The molecule has 4 N–H and O–H groups in total. The van der Waals surface area contributed by atoms with E-state index in [9.17, 15) is 20.4 Å². The van der Waals surface area contributed by atoms with E-state index in [2.05, 4.69) is 10.0 Å². The molecule has 34 heavy (non-hydrogen) atoms. The van der Waals surface area contributed by atoms with Gasteiger partial charge in [-0.3, -0.25) is 0 Å². The van der Waals surface area contributed by atoms with Crippen molar-refractivity contribution in [2.75, 3.05) is 26.4 Å². The maximum absolute atomic E-state index is 10.6. The van der Waals surface area contributed by atoms with Crippen molar-refractivity contribution in [3.8, 4) is 0 Å². The summed E-state index contributed by atoms with van der Waals surface area (Å²) in [4.78, 5) is 2.62. The van der Waals surface area contributed by atoms with Crippen LogP contribution in [-0.2, 0) is 28.4 Å². The molecule has 3 fully saturated rings. The Morgan fingerprint density at radius 2 is 1.56 bits per heavy atom. The zero-order valence-corrected chi connectivity index (χ0v) is 19.9. The van der Waals surface area contributed by atoms with Crippen LogP contribution in [0.3, 0.4) is 0 Å². The van der Waals surface area contributed by atoms with Crippen LogP contribution < -0.4 is 0 Å². The van der Waals surface area contributed by atoms with Crippen LogP contribution in [0.2, 0.25) is 0 Å². The van der Waals surface area contributed by atoms with Crippen LogP contribution in [0.4, 0.5) is 0 Å². The van der Waals surface area contributed by atoms with Crippen molar-refractivity contribution in [2.24, 2.45) is 22.9 Å². The zero-order valence-electron chi connectivity index (χ0n) is 19.9. The lowest BCUT2D eigenvalue weighted by molar-refractivity contribution is -0.343. The molecule has 0 amide bonds. The van der Waals surface area contributed by atoms with Crippen LogP contribution in [0.5, 0.6) is 0 Å². The average molecular weight is 492 g/mol. The second-order valence-corrected chi connectivity index (χ2v) is 9.33. The fourth-order valence-corrected chi connectivity index (χ4v) is 4.50. The highest BCUT2D eigenvalue weighted by Crippen LogP contribution is 2.37. The Hall–Kier alpha value is -1.09. The van der Waals surface area contributed by atoms with Crippen molar-refractivity contribution in [3.05, 3.63) is 10.4 Å². The van der Waals surface area contributed by atoms with E-state index in [1.165, 1.54) is 0 Å². The Kier molecular flexibility index (Phi) is 9.90. The molecule has 3 aliphatic rings. The summed E-state index contributed by atoms with van der Waals surface area (Å²) in [7, 11) is 0. The van der Waals surface area contributed by atoms with Gasteiger partial charge in [0.15, 0.2) is 18.9 Å². The molecule has 13 nitrogen and oxygen atoms in total. The molecule has 3 heterocycles. The van der Waals surface area contributed by atoms with Gasteiger partial charge in [0.2, 0.25) is 0 Å². The number of ether oxygens (including phenoxy) is 6. The van der Waals surface area contributed by atoms with Crippen LogP contribution in [0, 0.1) is 17.8 Å². The molecule has 3 rings (SSSR count). The molecule has 0 aromatic heterocycles. The van der Waals surface area contributed by atoms with Gasteiger partial charge < -0.3 is 48.8 Å². The number of hydrogen-bond acceptors (Lipinski definition) is 11. The smallest absolute Gasteiger partial charge is 0.186 e. The molecule has 0 aromatic rings. The molecule has 13 atom stereocenters. The lowest BCUT2D eigenvalue weighted by Crippen LogP contribution is -2.59. The third kappa shape index (κ3) is 6.18. The van der Waals surface area contributed by atoms with Crippen molar-refractivity contribution in [3.63, 3.8) is 0 Å². The molecular weight excluding hydrogens is 454 g/mol. The van der Waals surface area contributed by atoms with Gasteiger partial charge in [-0.15, -0.1) is 0 Å². The van der Waals surface area contributed by atoms with Gasteiger partial charge in [-0.1, -0.05) is 25.9 Å². The Labute approximate surface area is 198 Å². The van der Waals surface area contributed by atoms with Gasteiger partial charge in [-0.25, -0.2) is 0 Å². The summed E-state index contributed by atoms with van der Waals surface area (Å²) in [5.41, 5.74) is 8.31. The van der Waals surface area contributed by atoms with E-state index >= 15 is 0 Å². The normalized spacial score (nSPS) is 47.7. The maximum atomic E-state index is 10.6. The lowest BCUT2D eigenvalue weighted by Gasteiger charge is -2.48. The SMILES string of the molecule is CC1O[C@@H](O[C@@H]2CO[C@@H](OCCN=[N+]=[N-])C(O)[C@H]2O)C(C)[C@@H](O[C@H]2OC[C@@H](O)[C@H](O)C2C)[C@@H]1C. The highest BCUT2D eigenvalue weighted by Gasteiger charge is 2.48. The van der Waals surface area contributed by atoms with Crippen LogP contribution in [0.25, 0.3) is 10.4 Å². The Morgan fingerprint density at radius 1 is 0.853 bits per heavy atom. The van der Waals surface area contributed by atoms with E-state index in [1.807, 2.05) is 20.8 Å². The highest BCUT2D eigenvalue weighted by atomic mass is 16.7. The van der Waals surface area contributed by atoms with Crippen LogP contribution in [0.15, 0.2) is 5.11 Å². The number of aliphatic hydroxyl groups excluding tert-OH is 4. The van der Waals surface area contributed by atoms with Gasteiger partial charge >= 0.3 is 0 Å². The summed E-state index contributed by atoms with van der Waals surface area (Å²) in [5.74, 6) is -0.741. The largest absolute Gasteiger partial charge is 0.390 e. The Morgan fingerprint density at radius 3 is 2.26 bits per heavy atom. The fourth-order valence-electron chi connectivity index (χ4n) is 4.50. The van der Waals surface area contributed by atoms with Gasteiger partial charge in [-0.05, 0) is 12.5 Å². The van der Waals surface area contributed by atoms with E-state index in [4.69, 9.17) is 34.0 Å². The molecule has 0 spiro atoms. The molecule has 0 aliphatic carbocycles. The summed E-state index contributed by atoms with van der Waals surface area (Å²) in [6.45, 7) is 7.58. The number of aliphatic hydroxyl groups is 4. The number of hydrogen-bond donors (Lipinski definition) is 4. The second kappa shape index (κ2) is 12.2. The van der Waals surface area contributed by atoms with Crippen molar-refractivity contribution in [2.45, 2.75) is 89.3 Å². The Bertz CT molecular complexity index is 698. The van der Waals surface area contributed by atoms with Crippen LogP contribution in [-0.4, -0.2) is 108 Å². The standard InChI is InChI=1S/C21H37N3O10/c1-9-12(4)32-20(11(3)18(9)34-19-10(2)15(26)13(25)7-30-19)33-14-8-31-21(17(28)16(14)27)29-6-5-23-24-22/h9-21,25-28H,5-8H2,1-4H3/t9-,10?,11?,12?,13-,14-,15-,16+,17?,18+,19-,20+,21-/m1/s1. The maximum Gasteiger partial charge on any atom is 0.186 e. The summed E-state index contributed by atoms with van der Waals surface area (Å²) >= 11 is 0. The minimum absolute atomic E-state index is 0.0206. The second-order valence-electron chi connectivity index (χ2n) is 9.33. The number of azide groups is 1. The van der Waals surface area contributed by atoms with Crippen molar-refractivity contribution in [1.29, 1.82) is 0 Å². The van der Waals surface area contributed by atoms with E-state index in [0.717, 1.165) is 0 Å². The monoisotopic (exact) mass is 491 g/mol. The third-order valence-corrected chi connectivity index (χ3v) is 6.92. The molecule has 0 saturated carbocycles. The van der Waals surface area contributed by atoms with Gasteiger partial charge in [-0.2, -0.15) is 0 Å². The Balaban J connectivity index is 1.59. The first-order valence-electron chi connectivity index (χ1n) is 11.7. The molecule has 4 unspecified atom stereocenters. The molecular formula is C21H37N3O10. The molecule has 196 valence electrons. The molecule has 3 saturated heterocycles. The van der Waals surface area contributed by atoms with Gasteiger partial charge in [0.1, 0.15) is 24.4 Å². The van der Waals surface area contributed by atoms with E-state index < -0.39 is 55.3 Å². The first kappa shape index (κ1) is 27.5. The van der Waals surface area contributed by atoms with E-state index in [0.29, 0.717) is 0 Å². The van der Waals surface area contributed by atoms with Gasteiger partial charge in [0.05, 0.1) is 38.1 Å². The fraction of sp³-hybridized carbons (Fsp3) is 1.00. The molecule has 0 bridgehead atoms. The van der Waals surface area contributed by atoms with Crippen LogP contribution in [0.1, 0.15) is 27.7 Å². The van der Waals surface area contributed by atoms with Crippen molar-refractivity contribution >= 4 is 0 Å². The molecule has 0 radical (unpaired) electrons.